The molecule has 0 saturated heterocycles. The molecular weight excluding hydrogens is 387 g/mol. The smallest absolute Gasteiger partial charge is 0.291 e. The number of furan rings is 1. The van der Waals surface area contributed by atoms with Crippen molar-refractivity contribution in [1.29, 1.82) is 0 Å². The largest absolute Gasteiger partial charge is 0.460 e. The number of fused-ring (bicyclic) bond motifs is 3. The first-order valence-corrected chi connectivity index (χ1v) is 9.99. The Morgan fingerprint density at radius 3 is 2.70 bits per heavy atom. The number of halogens is 1. The van der Waals surface area contributed by atoms with Crippen LogP contribution in [0.15, 0.2) is 45.6 Å². The minimum absolute atomic E-state index is 0.0387. The molecule has 0 aliphatic rings. The van der Waals surface area contributed by atoms with Crippen LogP contribution in [0.1, 0.15) is 43.5 Å². The van der Waals surface area contributed by atoms with Crippen LogP contribution in [-0.2, 0) is 17.8 Å². The first kappa shape index (κ1) is 19.9. The first-order chi connectivity index (χ1) is 14.4. The molecule has 1 N–H and O–H groups in total. The molecule has 0 bridgehead atoms. The van der Waals surface area contributed by atoms with Gasteiger partial charge in [0.15, 0.2) is 5.58 Å². The topological polar surface area (TPSA) is 81.5 Å². The Kier molecular flexibility index (Phi) is 5.15. The van der Waals surface area contributed by atoms with Crippen molar-refractivity contribution >= 4 is 22.5 Å². The van der Waals surface area contributed by atoms with E-state index >= 15 is 0 Å². The van der Waals surface area contributed by atoms with E-state index in [4.69, 9.17) is 4.42 Å². The summed E-state index contributed by atoms with van der Waals surface area (Å²) in [6.45, 7) is 5.63. The Hall–Kier alpha value is -3.42. The molecule has 1 unspecified atom stereocenters. The van der Waals surface area contributed by atoms with Crippen LogP contribution in [-0.4, -0.2) is 20.1 Å². The highest BCUT2D eigenvalue weighted by molar-refractivity contribution is 5.83. The van der Waals surface area contributed by atoms with Crippen LogP contribution in [0.5, 0.6) is 0 Å². The molecule has 1 amide bonds. The van der Waals surface area contributed by atoms with E-state index in [0.717, 1.165) is 11.3 Å². The lowest BCUT2D eigenvalue weighted by molar-refractivity contribution is -0.125. The molecule has 0 aliphatic carbocycles. The molecule has 30 heavy (non-hydrogen) atoms. The van der Waals surface area contributed by atoms with Gasteiger partial charge in [0.25, 0.3) is 5.56 Å². The molecule has 0 spiro atoms. The van der Waals surface area contributed by atoms with Crippen molar-refractivity contribution in [1.82, 2.24) is 19.5 Å². The molecule has 0 radical (unpaired) electrons. The van der Waals surface area contributed by atoms with E-state index in [1.807, 2.05) is 26.8 Å². The lowest BCUT2D eigenvalue weighted by Gasteiger charge is -2.18. The maximum Gasteiger partial charge on any atom is 0.291 e. The Bertz CT molecular complexity index is 1300. The predicted octanol–water partition coefficient (Wildman–Crippen LogP) is 3.52. The van der Waals surface area contributed by atoms with Crippen LogP contribution in [0.2, 0.25) is 0 Å². The molecule has 3 heterocycles. The SMILES string of the molecule is CCc1nn(C(CC)C(=O)NCc2ccccc2F)c(=O)c2cc3oc(C)cc3n12. The molecule has 0 saturated carbocycles. The molecular formula is C22H23FN4O3. The van der Waals surface area contributed by atoms with Crippen LogP contribution in [0.25, 0.3) is 16.6 Å². The summed E-state index contributed by atoms with van der Waals surface area (Å²) in [4.78, 5) is 26.0. The summed E-state index contributed by atoms with van der Waals surface area (Å²) in [6.07, 6.45) is 0.934. The molecule has 0 fully saturated rings. The average molecular weight is 410 g/mol. The van der Waals surface area contributed by atoms with E-state index in [9.17, 15) is 14.0 Å². The van der Waals surface area contributed by atoms with Gasteiger partial charge in [0.05, 0.1) is 5.52 Å². The number of aromatic nitrogens is 3. The fourth-order valence-corrected chi connectivity index (χ4v) is 3.73. The number of amides is 1. The van der Waals surface area contributed by atoms with Gasteiger partial charge < -0.3 is 9.73 Å². The number of benzene rings is 1. The van der Waals surface area contributed by atoms with Crippen LogP contribution in [0.3, 0.4) is 0 Å². The summed E-state index contributed by atoms with van der Waals surface area (Å²) in [6, 6.07) is 9.01. The van der Waals surface area contributed by atoms with Gasteiger partial charge in [-0.15, -0.1) is 0 Å². The molecule has 4 aromatic rings. The lowest BCUT2D eigenvalue weighted by atomic mass is 10.2. The summed E-state index contributed by atoms with van der Waals surface area (Å²) < 4.78 is 22.5. The van der Waals surface area contributed by atoms with Gasteiger partial charge in [0.1, 0.15) is 29.0 Å². The Morgan fingerprint density at radius 2 is 2.00 bits per heavy atom. The monoisotopic (exact) mass is 410 g/mol. The van der Waals surface area contributed by atoms with E-state index in [1.54, 1.807) is 28.7 Å². The fraction of sp³-hybridized carbons (Fsp3) is 0.318. The normalized spacial score (nSPS) is 12.5. The van der Waals surface area contributed by atoms with Crippen molar-refractivity contribution < 1.29 is 13.6 Å². The van der Waals surface area contributed by atoms with Crippen molar-refractivity contribution in [3.63, 3.8) is 0 Å². The molecule has 156 valence electrons. The molecule has 1 aromatic carbocycles. The maximum atomic E-state index is 13.9. The third-order valence-corrected chi connectivity index (χ3v) is 5.23. The van der Waals surface area contributed by atoms with E-state index in [1.165, 1.54) is 10.7 Å². The molecule has 3 aromatic heterocycles. The number of nitrogens with one attached hydrogen (secondary N) is 1. The zero-order valence-electron chi connectivity index (χ0n) is 17.1. The number of carbonyl (C=O) groups is 1. The first-order valence-electron chi connectivity index (χ1n) is 9.99. The number of rotatable bonds is 6. The zero-order valence-corrected chi connectivity index (χ0v) is 17.1. The van der Waals surface area contributed by atoms with E-state index in [-0.39, 0.29) is 23.8 Å². The van der Waals surface area contributed by atoms with Gasteiger partial charge in [-0.3, -0.25) is 14.0 Å². The summed E-state index contributed by atoms with van der Waals surface area (Å²) in [7, 11) is 0. The number of aryl methyl sites for hydroxylation is 2. The van der Waals surface area contributed by atoms with Crippen molar-refractivity contribution in [2.75, 3.05) is 0 Å². The zero-order chi connectivity index (χ0) is 21.4. The van der Waals surface area contributed by atoms with Crippen LogP contribution in [0.4, 0.5) is 4.39 Å². The molecule has 8 heteroatoms. The van der Waals surface area contributed by atoms with Crippen LogP contribution >= 0.6 is 0 Å². The standard InChI is InChI=1S/C22H23FN4O3/c1-4-16(21(28)24-12-14-8-6-7-9-15(14)23)27-22(29)18-11-19-17(10-13(3)30-19)26(18)20(5-2)25-27/h6-11,16H,4-5,12H2,1-3H3,(H,24,28). The van der Waals surface area contributed by atoms with E-state index < -0.39 is 6.04 Å². The Balaban J connectivity index is 1.72. The van der Waals surface area contributed by atoms with Gasteiger partial charge in [-0.1, -0.05) is 32.0 Å². The second kappa shape index (κ2) is 7.78. The number of carbonyl (C=O) groups excluding carboxylic acids is 1. The number of hydrogen-bond acceptors (Lipinski definition) is 4. The average Bonchev–Trinajstić information content (AvgIpc) is 3.26. The van der Waals surface area contributed by atoms with Gasteiger partial charge in [-0.05, 0) is 19.4 Å². The molecule has 1 atom stereocenters. The molecule has 0 aliphatic heterocycles. The second-order valence-electron chi connectivity index (χ2n) is 7.22. The van der Waals surface area contributed by atoms with Crippen LogP contribution < -0.4 is 10.9 Å². The lowest BCUT2D eigenvalue weighted by Crippen LogP contribution is -2.39. The third kappa shape index (κ3) is 3.28. The summed E-state index contributed by atoms with van der Waals surface area (Å²) in [5.41, 5.74) is 1.82. The quantitative estimate of drug-likeness (QED) is 0.527. The highest BCUT2D eigenvalue weighted by Gasteiger charge is 2.24. The van der Waals surface area contributed by atoms with Crippen molar-refractivity contribution in [3.8, 4) is 0 Å². The minimum Gasteiger partial charge on any atom is -0.460 e. The van der Waals surface area contributed by atoms with Gasteiger partial charge in [0, 0.05) is 30.7 Å². The van der Waals surface area contributed by atoms with Gasteiger partial charge in [-0.2, -0.15) is 5.10 Å². The molecule has 4 rings (SSSR count). The minimum atomic E-state index is -0.803. The summed E-state index contributed by atoms with van der Waals surface area (Å²) in [5, 5.41) is 7.23. The Morgan fingerprint density at radius 1 is 1.23 bits per heavy atom. The Labute approximate surface area is 172 Å². The summed E-state index contributed by atoms with van der Waals surface area (Å²) in [5.74, 6) is 0.634. The highest BCUT2D eigenvalue weighted by Crippen LogP contribution is 2.24. The van der Waals surface area contributed by atoms with Crippen LogP contribution in [0, 0.1) is 12.7 Å². The van der Waals surface area contributed by atoms with E-state index in [2.05, 4.69) is 10.4 Å². The number of nitrogens with zero attached hydrogens (tertiary/aromatic N) is 3. The predicted molar refractivity (Wildman–Crippen MR) is 111 cm³/mol. The van der Waals surface area contributed by atoms with Gasteiger partial charge >= 0.3 is 0 Å². The van der Waals surface area contributed by atoms with Crippen molar-refractivity contribution in [3.05, 3.63) is 69.7 Å². The van der Waals surface area contributed by atoms with Crippen molar-refractivity contribution in [2.24, 2.45) is 0 Å². The summed E-state index contributed by atoms with van der Waals surface area (Å²) >= 11 is 0. The van der Waals surface area contributed by atoms with Gasteiger partial charge in [0.2, 0.25) is 5.91 Å². The second-order valence-corrected chi connectivity index (χ2v) is 7.22. The third-order valence-electron chi connectivity index (χ3n) is 5.23. The van der Waals surface area contributed by atoms with Gasteiger partial charge in [-0.25, -0.2) is 9.07 Å². The fourth-order valence-electron chi connectivity index (χ4n) is 3.73. The molecule has 7 nitrogen and oxygen atoms in total. The number of hydrogen-bond donors (Lipinski definition) is 1. The maximum absolute atomic E-state index is 13.9. The van der Waals surface area contributed by atoms with E-state index in [0.29, 0.717) is 35.3 Å². The van der Waals surface area contributed by atoms with Crippen molar-refractivity contribution in [2.45, 2.75) is 46.2 Å². The highest BCUT2D eigenvalue weighted by atomic mass is 19.1.